The molecule has 2 unspecified atom stereocenters. The van der Waals surface area contributed by atoms with E-state index < -0.39 is 35.6 Å². The molecule has 0 aromatic heterocycles. The Morgan fingerprint density at radius 3 is 2.05 bits per heavy atom. The summed E-state index contributed by atoms with van der Waals surface area (Å²) in [4.78, 5) is 22.7. The van der Waals surface area contributed by atoms with Crippen LogP contribution in [-0.2, 0) is 14.3 Å². The number of hydrogen-bond donors (Lipinski definition) is 1. The summed E-state index contributed by atoms with van der Waals surface area (Å²) in [6, 6.07) is -1.43. The van der Waals surface area contributed by atoms with Crippen LogP contribution in [0.2, 0.25) is 0 Å². The Bertz CT molecular complexity index is 358. The Kier molecular flexibility index (Phi) is 5.59. The summed E-state index contributed by atoms with van der Waals surface area (Å²) in [5, 5.41) is 1.62. The topological polar surface area (TPSA) is 55.4 Å². The summed E-state index contributed by atoms with van der Waals surface area (Å²) in [6.45, 7) is 9.57. The SMILES string of the molecule is C=CC(C)C(NC(=O)C(F)(F)F)C(=O)OC(C)(C)C. The second-order valence-corrected chi connectivity index (χ2v) is 5.08. The third-order valence-corrected chi connectivity index (χ3v) is 2.10. The van der Waals surface area contributed by atoms with E-state index in [4.69, 9.17) is 4.74 Å². The maximum absolute atomic E-state index is 12.2. The lowest BCUT2D eigenvalue weighted by Gasteiger charge is -2.27. The normalized spacial score (nSPS) is 15.3. The molecule has 7 heteroatoms. The molecule has 1 amide bonds. The van der Waals surface area contributed by atoms with Crippen LogP contribution in [0.25, 0.3) is 0 Å². The summed E-state index contributed by atoms with van der Waals surface area (Å²) in [5.41, 5.74) is -0.862. The highest BCUT2D eigenvalue weighted by molar-refractivity contribution is 5.88. The third kappa shape index (κ3) is 6.26. The predicted molar refractivity (Wildman–Crippen MR) is 63.2 cm³/mol. The van der Waals surface area contributed by atoms with E-state index in [0.29, 0.717) is 0 Å². The first kappa shape index (κ1) is 17.5. The van der Waals surface area contributed by atoms with Crippen molar-refractivity contribution in [2.24, 2.45) is 5.92 Å². The molecule has 0 spiro atoms. The van der Waals surface area contributed by atoms with E-state index >= 15 is 0 Å². The minimum atomic E-state index is -5.05. The van der Waals surface area contributed by atoms with E-state index in [-0.39, 0.29) is 0 Å². The number of ether oxygens (including phenoxy) is 1. The highest BCUT2D eigenvalue weighted by Gasteiger charge is 2.42. The van der Waals surface area contributed by atoms with Crippen molar-refractivity contribution in [1.82, 2.24) is 5.32 Å². The number of alkyl halides is 3. The van der Waals surface area contributed by atoms with Crippen molar-refractivity contribution in [3.05, 3.63) is 12.7 Å². The first-order valence-electron chi connectivity index (χ1n) is 5.61. The van der Waals surface area contributed by atoms with E-state index in [9.17, 15) is 22.8 Å². The molecule has 0 heterocycles. The van der Waals surface area contributed by atoms with Gasteiger partial charge >= 0.3 is 18.1 Å². The van der Waals surface area contributed by atoms with Crippen molar-refractivity contribution in [2.75, 3.05) is 0 Å². The molecule has 0 aromatic carbocycles. The first-order valence-corrected chi connectivity index (χ1v) is 5.61. The van der Waals surface area contributed by atoms with Crippen molar-refractivity contribution in [3.63, 3.8) is 0 Å². The molecule has 1 N–H and O–H groups in total. The van der Waals surface area contributed by atoms with Crippen molar-refractivity contribution >= 4 is 11.9 Å². The number of hydrogen-bond acceptors (Lipinski definition) is 3. The van der Waals surface area contributed by atoms with E-state index in [1.807, 2.05) is 0 Å². The quantitative estimate of drug-likeness (QED) is 0.635. The maximum atomic E-state index is 12.2. The lowest BCUT2D eigenvalue weighted by Crippen LogP contribution is -2.51. The Morgan fingerprint density at radius 1 is 1.26 bits per heavy atom. The average Bonchev–Trinajstić information content (AvgIpc) is 2.20. The van der Waals surface area contributed by atoms with Crippen LogP contribution in [0.15, 0.2) is 12.7 Å². The second kappa shape index (κ2) is 6.08. The van der Waals surface area contributed by atoms with Crippen LogP contribution in [0.5, 0.6) is 0 Å². The van der Waals surface area contributed by atoms with Gasteiger partial charge in [0.15, 0.2) is 0 Å². The third-order valence-electron chi connectivity index (χ3n) is 2.10. The zero-order valence-corrected chi connectivity index (χ0v) is 11.3. The molecule has 110 valence electrons. The Labute approximate surface area is 110 Å². The van der Waals surface area contributed by atoms with Gasteiger partial charge in [-0.2, -0.15) is 13.2 Å². The fourth-order valence-corrected chi connectivity index (χ4v) is 1.13. The lowest BCUT2D eigenvalue weighted by atomic mass is 10.0. The Hall–Kier alpha value is -1.53. The monoisotopic (exact) mass is 281 g/mol. The fraction of sp³-hybridized carbons (Fsp3) is 0.667. The molecular formula is C12H18F3NO3. The van der Waals surface area contributed by atoms with Gasteiger partial charge in [0.05, 0.1) is 0 Å². The minimum absolute atomic E-state index is 0.693. The standard InChI is InChI=1S/C12H18F3NO3/c1-6-7(2)8(9(17)19-11(3,4)5)16-10(18)12(13,14)15/h6-8H,1H2,2-5H3,(H,16,18). The molecule has 0 rings (SSSR count). The number of amides is 1. The number of esters is 1. The smallest absolute Gasteiger partial charge is 0.458 e. The van der Waals surface area contributed by atoms with Crippen LogP contribution in [0.3, 0.4) is 0 Å². The number of nitrogens with one attached hydrogen (secondary N) is 1. The molecule has 0 radical (unpaired) electrons. The van der Waals surface area contributed by atoms with Crippen molar-refractivity contribution in [1.29, 1.82) is 0 Å². The number of carbonyl (C=O) groups excluding carboxylic acids is 2. The lowest BCUT2D eigenvalue weighted by molar-refractivity contribution is -0.177. The number of halogens is 3. The zero-order valence-electron chi connectivity index (χ0n) is 11.3. The largest absolute Gasteiger partial charge is 0.471 e. The van der Waals surface area contributed by atoms with Gasteiger partial charge in [-0.3, -0.25) is 4.79 Å². The van der Waals surface area contributed by atoms with E-state index in [1.165, 1.54) is 13.0 Å². The number of carbonyl (C=O) groups is 2. The number of rotatable bonds is 4. The van der Waals surface area contributed by atoms with Gasteiger partial charge < -0.3 is 10.1 Å². The van der Waals surface area contributed by atoms with E-state index in [2.05, 4.69) is 6.58 Å². The van der Waals surface area contributed by atoms with Crippen LogP contribution >= 0.6 is 0 Å². The molecule has 0 aliphatic heterocycles. The van der Waals surface area contributed by atoms with Crippen molar-refractivity contribution in [2.45, 2.75) is 45.5 Å². The van der Waals surface area contributed by atoms with Gasteiger partial charge in [-0.1, -0.05) is 13.0 Å². The molecule has 0 aliphatic carbocycles. The Morgan fingerprint density at radius 2 is 1.74 bits per heavy atom. The van der Waals surface area contributed by atoms with Crippen LogP contribution in [0.1, 0.15) is 27.7 Å². The molecule has 0 aromatic rings. The second-order valence-electron chi connectivity index (χ2n) is 5.08. The van der Waals surface area contributed by atoms with Gasteiger partial charge in [0.25, 0.3) is 0 Å². The van der Waals surface area contributed by atoms with Gasteiger partial charge in [0, 0.05) is 5.92 Å². The molecule has 0 bridgehead atoms. The highest BCUT2D eigenvalue weighted by Crippen LogP contribution is 2.18. The molecule has 19 heavy (non-hydrogen) atoms. The molecule has 0 aliphatic rings. The van der Waals surface area contributed by atoms with E-state index in [0.717, 1.165) is 0 Å². The fourth-order valence-electron chi connectivity index (χ4n) is 1.13. The maximum Gasteiger partial charge on any atom is 0.471 e. The van der Waals surface area contributed by atoms with E-state index in [1.54, 1.807) is 26.1 Å². The van der Waals surface area contributed by atoms with Crippen LogP contribution < -0.4 is 5.32 Å². The molecule has 0 fully saturated rings. The molecule has 2 atom stereocenters. The molecule has 0 saturated carbocycles. The summed E-state index contributed by atoms with van der Waals surface area (Å²) in [7, 11) is 0. The van der Waals surface area contributed by atoms with Gasteiger partial charge in [0.1, 0.15) is 11.6 Å². The van der Waals surface area contributed by atoms with Crippen molar-refractivity contribution in [3.8, 4) is 0 Å². The first-order chi connectivity index (χ1) is 8.38. The van der Waals surface area contributed by atoms with Gasteiger partial charge in [0.2, 0.25) is 0 Å². The van der Waals surface area contributed by atoms with Crippen LogP contribution in [0.4, 0.5) is 13.2 Å². The molecule has 4 nitrogen and oxygen atoms in total. The van der Waals surface area contributed by atoms with Gasteiger partial charge in [-0.25, -0.2) is 4.79 Å². The average molecular weight is 281 g/mol. The minimum Gasteiger partial charge on any atom is -0.458 e. The molecular weight excluding hydrogens is 263 g/mol. The van der Waals surface area contributed by atoms with Crippen LogP contribution in [0, 0.1) is 5.92 Å². The van der Waals surface area contributed by atoms with Crippen LogP contribution in [-0.4, -0.2) is 29.7 Å². The van der Waals surface area contributed by atoms with Gasteiger partial charge in [-0.05, 0) is 20.8 Å². The summed E-state index contributed by atoms with van der Waals surface area (Å²) in [6.07, 6.45) is -3.79. The summed E-state index contributed by atoms with van der Waals surface area (Å²) < 4.78 is 41.5. The predicted octanol–water partition coefficient (Wildman–Crippen LogP) is 2.20. The Balaban J connectivity index is 4.98. The highest BCUT2D eigenvalue weighted by atomic mass is 19.4. The summed E-state index contributed by atoms with van der Waals surface area (Å²) in [5.74, 6) is -3.81. The van der Waals surface area contributed by atoms with Crippen molar-refractivity contribution < 1.29 is 27.5 Å². The zero-order chi connectivity index (χ0) is 15.4. The summed E-state index contributed by atoms with van der Waals surface area (Å²) >= 11 is 0. The van der Waals surface area contributed by atoms with Gasteiger partial charge in [-0.15, -0.1) is 6.58 Å². The molecule has 0 saturated heterocycles.